The number of allylic oxidation sites excluding steroid dienone is 1. The Morgan fingerprint density at radius 1 is 1.14 bits per heavy atom. The summed E-state index contributed by atoms with van der Waals surface area (Å²) in [6.07, 6.45) is 4.33. The van der Waals surface area contributed by atoms with Gasteiger partial charge in [-0.15, -0.1) is 0 Å². The fourth-order valence-corrected chi connectivity index (χ4v) is 4.78. The van der Waals surface area contributed by atoms with E-state index < -0.39 is 15.7 Å². The molecular weight excluding hydrogens is 251 g/mol. The predicted molar refractivity (Wildman–Crippen MR) is 59.4 cm³/mol. The van der Waals surface area contributed by atoms with E-state index in [1.54, 1.807) is 0 Å². The summed E-state index contributed by atoms with van der Waals surface area (Å²) in [6, 6.07) is 4.31. The molecular formula is C11H11Cl2Ti. The van der Waals surface area contributed by atoms with Gasteiger partial charge >= 0.3 is 99.0 Å². The molecule has 3 heteroatoms. The number of rotatable bonds is 1. The van der Waals surface area contributed by atoms with Crippen molar-refractivity contribution in [2.75, 3.05) is 0 Å². The molecule has 0 saturated heterocycles. The van der Waals surface area contributed by atoms with E-state index in [0.717, 1.165) is 0 Å². The van der Waals surface area contributed by atoms with Crippen LogP contribution in [0.15, 0.2) is 18.2 Å². The first kappa shape index (κ1) is 10.8. The first-order chi connectivity index (χ1) is 6.61. The third-order valence-corrected chi connectivity index (χ3v) is 6.15. The number of fused-ring (bicyclic) bond motifs is 1. The second-order valence-corrected chi connectivity index (χ2v) is 9.68. The van der Waals surface area contributed by atoms with Crippen LogP contribution in [0.4, 0.5) is 0 Å². The third-order valence-electron chi connectivity index (χ3n) is 2.72. The number of hydrogen-bond acceptors (Lipinski definition) is 0. The molecule has 0 bridgehead atoms. The molecule has 0 aliphatic heterocycles. The van der Waals surface area contributed by atoms with Crippen LogP contribution >= 0.6 is 18.6 Å². The Labute approximate surface area is 98.5 Å². The average Bonchev–Trinajstić information content (AvgIpc) is 2.56. The van der Waals surface area contributed by atoms with Gasteiger partial charge in [-0.1, -0.05) is 0 Å². The zero-order valence-electron chi connectivity index (χ0n) is 8.14. The van der Waals surface area contributed by atoms with E-state index >= 15 is 0 Å². The van der Waals surface area contributed by atoms with E-state index in [2.05, 4.69) is 38.1 Å². The van der Waals surface area contributed by atoms with Gasteiger partial charge in [0.15, 0.2) is 0 Å². The maximum atomic E-state index is 6.12. The van der Waals surface area contributed by atoms with Gasteiger partial charge in [-0.05, 0) is 0 Å². The standard InChI is InChI=1S/C11H11.2ClH.Ti/c1-8-6-7-9(2)11-5-3-4-10(8)11;;;/h3-7H,1-2H3;2*1H;/q;;;+2/p-2. The van der Waals surface area contributed by atoms with Crippen LogP contribution in [0.5, 0.6) is 0 Å². The first-order valence-electron chi connectivity index (χ1n) is 4.57. The van der Waals surface area contributed by atoms with E-state index in [0.29, 0.717) is 4.22 Å². The molecule has 1 aliphatic rings. The Balaban J connectivity index is 2.58. The van der Waals surface area contributed by atoms with Gasteiger partial charge in [0.25, 0.3) is 0 Å². The van der Waals surface area contributed by atoms with Crippen molar-refractivity contribution in [1.29, 1.82) is 0 Å². The molecule has 1 unspecified atom stereocenters. The van der Waals surface area contributed by atoms with E-state index in [9.17, 15) is 0 Å². The average molecular weight is 262 g/mol. The molecule has 0 amide bonds. The van der Waals surface area contributed by atoms with Crippen molar-refractivity contribution < 1.29 is 15.7 Å². The molecule has 0 aromatic heterocycles. The zero-order chi connectivity index (χ0) is 10.3. The molecule has 14 heavy (non-hydrogen) atoms. The maximum absolute atomic E-state index is 6.12. The van der Waals surface area contributed by atoms with Crippen molar-refractivity contribution in [3.63, 3.8) is 0 Å². The first-order valence-corrected chi connectivity index (χ1v) is 9.77. The minimum absolute atomic E-state index is 0.327. The van der Waals surface area contributed by atoms with Crippen LogP contribution in [-0.2, 0) is 15.7 Å². The second-order valence-electron chi connectivity index (χ2n) is 3.65. The van der Waals surface area contributed by atoms with E-state index in [1.165, 1.54) is 22.3 Å². The number of benzene rings is 1. The number of aryl methyl sites for hydroxylation is 2. The number of hydrogen-bond donors (Lipinski definition) is 0. The van der Waals surface area contributed by atoms with Crippen molar-refractivity contribution in [2.24, 2.45) is 0 Å². The molecule has 1 aromatic rings. The Morgan fingerprint density at radius 2 is 1.79 bits per heavy atom. The molecule has 73 valence electrons. The van der Waals surface area contributed by atoms with Gasteiger partial charge in [0.05, 0.1) is 0 Å². The Kier molecular flexibility index (Phi) is 3.09. The Bertz CT molecular complexity index is 397. The molecule has 0 heterocycles. The SMILES string of the molecule is Cc1ccc(C)c2c1C=C[CH]2[Ti]([Cl])[Cl]. The summed E-state index contributed by atoms with van der Waals surface area (Å²) >= 11 is -1.91. The van der Waals surface area contributed by atoms with Gasteiger partial charge in [-0.3, -0.25) is 0 Å². The van der Waals surface area contributed by atoms with Crippen molar-refractivity contribution in [3.05, 3.63) is 40.5 Å². The zero-order valence-corrected chi connectivity index (χ0v) is 11.2. The van der Waals surface area contributed by atoms with Gasteiger partial charge in [0.1, 0.15) is 0 Å². The molecule has 0 radical (unpaired) electrons. The molecule has 1 atom stereocenters. The quantitative estimate of drug-likeness (QED) is 0.662. The second kappa shape index (κ2) is 4.02. The van der Waals surface area contributed by atoms with Crippen LogP contribution in [0.3, 0.4) is 0 Å². The molecule has 1 aromatic carbocycles. The summed E-state index contributed by atoms with van der Waals surface area (Å²) in [7, 11) is 12.2. The van der Waals surface area contributed by atoms with Crippen LogP contribution in [0.2, 0.25) is 0 Å². The topological polar surface area (TPSA) is 0 Å². The van der Waals surface area contributed by atoms with Gasteiger partial charge in [-0.2, -0.15) is 0 Å². The van der Waals surface area contributed by atoms with E-state index in [1.807, 2.05) is 0 Å². The summed E-state index contributed by atoms with van der Waals surface area (Å²) in [5, 5.41) is 0. The molecule has 1 aliphatic carbocycles. The fourth-order valence-electron chi connectivity index (χ4n) is 1.96. The monoisotopic (exact) mass is 261 g/mol. The molecule has 0 fully saturated rings. The molecule has 2 rings (SSSR count). The summed E-state index contributed by atoms with van der Waals surface area (Å²) in [6.45, 7) is 4.26. The predicted octanol–water partition coefficient (Wildman–Crippen LogP) is 4.30. The summed E-state index contributed by atoms with van der Waals surface area (Å²) < 4.78 is 0.327. The summed E-state index contributed by atoms with van der Waals surface area (Å²) in [5.74, 6) is 0. The van der Waals surface area contributed by atoms with Gasteiger partial charge < -0.3 is 0 Å². The molecule has 0 saturated carbocycles. The minimum atomic E-state index is -1.91. The van der Waals surface area contributed by atoms with E-state index in [4.69, 9.17) is 18.6 Å². The normalized spacial score (nSPS) is 18.4. The van der Waals surface area contributed by atoms with Crippen molar-refractivity contribution in [1.82, 2.24) is 0 Å². The molecule has 0 N–H and O–H groups in total. The molecule has 0 spiro atoms. The van der Waals surface area contributed by atoms with Gasteiger partial charge in [0, 0.05) is 0 Å². The van der Waals surface area contributed by atoms with Crippen molar-refractivity contribution in [2.45, 2.75) is 18.1 Å². The van der Waals surface area contributed by atoms with Crippen LogP contribution in [-0.4, -0.2) is 0 Å². The van der Waals surface area contributed by atoms with Crippen LogP contribution < -0.4 is 0 Å². The van der Waals surface area contributed by atoms with Crippen LogP contribution in [0, 0.1) is 13.8 Å². The van der Waals surface area contributed by atoms with Crippen LogP contribution in [0.25, 0.3) is 6.08 Å². The fraction of sp³-hybridized carbons (Fsp3) is 0.273. The van der Waals surface area contributed by atoms with E-state index in [-0.39, 0.29) is 0 Å². The molecule has 0 nitrogen and oxygen atoms in total. The van der Waals surface area contributed by atoms with Crippen molar-refractivity contribution >= 4 is 24.7 Å². The Morgan fingerprint density at radius 3 is 2.43 bits per heavy atom. The van der Waals surface area contributed by atoms with Gasteiger partial charge in [-0.25, -0.2) is 0 Å². The summed E-state index contributed by atoms with van der Waals surface area (Å²) in [4.78, 5) is 0. The summed E-state index contributed by atoms with van der Waals surface area (Å²) in [5.41, 5.74) is 5.33. The Hall–Kier alpha value is 0.254. The third kappa shape index (κ3) is 1.70. The van der Waals surface area contributed by atoms with Gasteiger partial charge in [0.2, 0.25) is 0 Å². The van der Waals surface area contributed by atoms with Crippen LogP contribution in [0.1, 0.15) is 26.5 Å². The number of halogens is 2. The van der Waals surface area contributed by atoms with Crippen molar-refractivity contribution in [3.8, 4) is 0 Å².